The normalized spacial score (nSPS) is 19.0. The van der Waals surface area contributed by atoms with Gasteiger partial charge in [0.05, 0.1) is 12.2 Å². The molecule has 0 amide bonds. The molecule has 22 heavy (non-hydrogen) atoms. The Morgan fingerprint density at radius 3 is 2.68 bits per heavy atom. The molecule has 0 aromatic heterocycles. The van der Waals surface area contributed by atoms with Gasteiger partial charge in [-0.05, 0) is 57.8 Å². The predicted octanol–water partition coefficient (Wildman–Crippen LogP) is 4.28. The number of rotatable bonds is 8. The first-order valence-corrected chi connectivity index (χ1v) is 8.73. The van der Waals surface area contributed by atoms with Crippen LogP contribution in [0, 0.1) is 0 Å². The lowest BCUT2D eigenvalue weighted by Gasteiger charge is -2.33. The van der Waals surface area contributed by atoms with Crippen molar-refractivity contribution in [3.63, 3.8) is 0 Å². The summed E-state index contributed by atoms with van der Waals surface area (Å²) in [6.07, 6.45) is 8.71. The molecule has 0 unspecified atom stereocenters. The van der Waals surface area contributed by atoms with Crippen molar-refractivity contribution in [2.45, 2.75) is 57.9 Å². The lowest BCUT2D eigenvalue weighted by Crippen LogP contribution is -2.37. The fourth-order valence-corrected chi connectivity index (χ4v) is 3.08. The Morgan fingerprint density at radius 1 is 1.14 bits per heavy atom. The molecule has 3 nitrogen and oxygen atoms in total. The Hall–Kier alpha value is -1.35. The molecule has 0 spiro atoms. The molecule has 0 saturated carbocycles. The zero-order valence-corrected chi connectivity index (χ0v) is 13.8. The Bertz CT molecular complexity index is 432. The highest BCUT2D eigenvalue weighted by Crippen LogP contribution is 2.17. The first-order valence-electron chi connectivity index (χ1n) is 8.73. The maximum atomic E-state index is 11.7. The van der Waals surface area contributed by atoms with Crippen molar-refractivity contribution in [2.75, 3.05) is 19.7 Å². The number of hydrogen-bond donors (Lipinski definition) is 0. The number of unbranched alkanes of at least 4 members (excludes halogenated alkanes) is 3. The SMILES string of the molecule is C[C@H]1CCCCN1CCCCCCOC(=O)c1ccccc1. The number of carbonyl (C=O) groups is 1. The van der Waals surface area contributed by atoms with Crippen LogP contribution in [0.5, 0.6) is 0 Å². The highest BCUT2D eigenvalue weighted by Gasteiger charge is 2.16. The third kappa shape index (κ3) is 5.80. The smallest absolute Gasteiger partial charge is 0.338 e. The number of carbonyl (C=O) groups excluding carboxylic acids is 1. The zero-order chi connectivity index (χ0) is 15.6. The second-order valence-electron chi connectivity index (χ2n) is 6.30. The number of likely N-dealkylation sites (tertiary alicyclic amines) is 1. The number of benzene rings is 1. The zero-order valence-electron chi connectivity index (χ0n) is 13.8. The molecule has 1 saturated heterocycles. The van der Waals surface area contributed by atoms with Gasteiger partial charge in [-0.2, -0.15) is 0 Å². The van der Waals surface area contributed by atoms with E-state index < -0.39 is 0 Å². The third-order valence-corrected chi connectivity index (χ3v) is 4.52. The molecule has 1 fully saturated rings. The number of esters is 1. The summed E-state index contributed by atoms with van der Waals surface area (Å²) in [5.74, 6) is -0.206. The van der Waals surface area contributed by atoms with Gasteiger partial charge in [0.15, 0.2) is 0 Å². The van der Waals surface area contributed by atoms with Crippen LogP contribution in [0.4, 0.5) is 0 Å². The van der Waals surface area contributed by atoms with Crippen LogP contribution < -0.4 is 0 Å². The maximum absolute atomic E-state index is 11.7. The molecule has 1 aliphatic rings. The molecular formula is C19H29NO2. The minimum Gasteiger partial charge on any atom is -0.462 e. The Balaban J connectivity index is 1.48. The fraction of sp³-hybridized carbons (Fsp3) is 0.632. The number of hydrogen-bond acceptors (Lipinski definition) is 3. The minimum atomic E-state index is -0.206. The van der Waals surface area contributed by atoms with E-state index in [-0.39, 0.29) is 5.97 Å². The Morgan fingerprint density at radius 2 is 1.91 bits per heavy atom. The van der Waals surface area contributed by atoms with Crippen LogP contribution in [-0.2, 0) is 4.74 Å². The van der Waals surface area contributed by atoms with Crippen LogP contribution in [0.15, 0.2) is 30.3 Å². The first kappa shape index (κ1) is 17.0. The van der Waals surface area contributed by atoms with Gasteiger partial charge < -0.3 is 9.64 Å². The van der Waals surface area contributed by atoms with Crippen LogP contribution in [0.25, 0.3) is 0 Å². The van der Waals surface area contributed by atoms with E-state index in [1.165, 1.54) is 45.2 Å². The summed E-state index contributed by atoms with van der Waals surface area (Å²) in [4.78, 5) is 14.4. The topological polar surface area (TPSA) is 29.5 Å². The minimum absolute atomic E-state index is 0.206. The first-order chi connectivity index (χ1) is 10.8. The lowest BCUT2D eigenvalue weighted by atomic mass is 10.0. The number of piperidine rings is 1. The van der Waals surface area contributed by atoms with Gasteiger partial charge in [0.2, 0.25) is 0 Å². The summed E-state index contributed by atoms with van der Waals surface area (Å²) in [7, 11) is 0. The summed E-state index contributed by atoms with van der Waals surface area (Å²) >= 11 is 0. The van der Waals surface area contributed by atoms with Crippen LogP contribution in [-0.4, -0.2) is 36.6 Å². The van der Waals surface area contributed by atoms with Gasteiger partial charge in [0.1, 0.15) is 0 Å². The fourth-order valence-electron chi connectivity index (χ4n) is 3.08. The van der Waals surface area contributed by atoms with E-state index in [9.17, 15) is 4.79 Å². The van der Waals surface area contributed by atoms with Crippen molar-refractivity contribution in [1.29, 1.82) is 0 Å². The van der Waals surface area contributed by atoms with E-state index in [0.717, 1.165) is 18.9 Å². The molecule has 122 valence electrons. The quantitative estimate of drug-likeness (QED) is 0.530. The van der Waals surface area contributed by atoms with Gasteiger partial charge in [-0.25, -0.2) is 4.79 Å². The van der Waals surface area contributed by atoms with E-state index in [0.29, 0.717) is 12.2 Å². The van der Waals surface area contributed by atoms with Crippen LogP contribution in [0.1, 0.15) is 62.2 Å². The van der Waals surface area contributed by atoms with E-state index in [1.807, 2.05) is 18.2 Å². The largest absolute Gasteiger partial charge is 0.462 e. The summed E-state index contributed by atoms with van der Waals surface area (Å²) in [5, 5.41) is 0. The van der Waals surface area contributed by atoms with E-state index in [2.05, 4.69) is 11.8 Å². The molecule has 1 heterocycles. The highest BCUT2D eigenvalue weighted by atomic mass is 16.5. The summed E-state index contributed by atoms with van der Waals surface area (Å²) in [6, 6.07) is 9.97. The van der Waals surface area contributed by atoms with E-state index >= 15 is 0 Å². The monoisotopic (exact) mass is 303 g/mol. The van der Waals surface area contributed by atoms with Crippen LogP contribution in [0.3, 0.4) is 0 Å². The summed E-state index contributed by atoms with van der Waals surface area (Å²) < 4.78 is 5.29. The van der Waals surface area contributed by atoms with Gasteiger partial charge in [-0.3, -0.25) is 0 Å². The molecule has 0 N–H and O–H groups in total. The summed E-state index contributed by atoms with van der Waals surface area (Å²) in [6.45, 7) is 5.39. The van der Waals surface area contributed by atoms with Crippen LogP contribution >= 0.6 is 0 Å². The highest BCUT2D eigenvalue weighted by molar-refractivity contribution is 5.89. The van der Waals surface area contributed by atoms with Crippen molar-refractivity contribution >= 4 is 5.97 Å². The molecule has 0 bridgehead atoms. The molecule has 1 aromatic carbocycles. The number of nitrogens with zero attached hydrogens (tertiary/aromatic N) is 1. The molecule has 1 aromatic rings. The second kappa shape index (κ2) is 9.62. The van der Waals surface area contributed by atoms with Gasteiger partial charge in [-0.1, -0.05) is 37.5 Å². The van der Waals surface area contributed by atoms with E-state index in [1.54, 1.807) is 12.1 Å². The molecule has 3 heteroatoms. The molecule has 2 rings (SSSR count). The maximum Gasteiger partial charge on any atom is 0.338 e. The number of ether oxygens (including phenoxy) is 1. The Kier molecular flexibility index (Phi) is 7.44. The van der Waals surface area contributed by atoms with Crippen molar-refractivity contribution in [2.24, 2.45) is 0 Å². The predicted molar refractivity (Wildman–Crippen MR) is 90.1 cm³/mol. The van der Waals surface area contributed by atoms with Gasteiger partial charge >= 0.3 is 5.97 Å². The van der Waals surface area contributed by atoms with Crippen LogP contribution in [0.2, 0.25) is 0 Å². The molecule has 0 radical (unpaired) electrons. The third-order valence-electron chi connectivity index (χ3n) is 4.52. The van der Waals surface area contributed by atoms with Crippen molar-refractivity contribution in [1.82, 2.24) is 4.90 Å². The Labute approximate surface area is 134 Å². The molecule has 1 atom stereocenters. The second-order valence-corrected chi connectivity index (χ2v) is 6.30. The van der Waals surface area contributed by atoms with Crippen molar-refractivity contribution in [3.05, 3.63) is 35.9 Å². The molecule has 1 aliphatic heterocycles. The molecule has 0 aliphatic carbocycles. The summed E-state index contributed by atoms with van der Waals surface area (Å²) in [5.41, 5.74) is 0.640. The van der Waals surface area contributed by atoms with Gasteiger partial charge in [-0.15, -0.1) is 0 Å². The van der Waals surface area contributed by atoms with Crippen molar-refractivity contribution in [3.8, 4) is 0 Å². The van der Waals surface area contributed by atoms with Gasteiger partial charge in [0, 0.05) is 6.04 Å². The average Bonchev–Trinajstić information content (AvgIpc) is 2.56. The lowest BCUT2D eigenvalue weighted by molar-refractivity contribution is 0.0497. The standard InChI is InChI=1S/C19H29NO2/c1-17-11-7-9-15-20(17)14-8-2-3-10-16-22-19(21)18-12-5-4-6-13-18/h4-6,12-13,17H,2-3,7-11,14-16H2,1H3/t17-/m0/s1. The van der Waals surface area contributed by atoms with Gasteiger partial charge in [0.25, 0.3) is 0 Å². The van der Waals surface area contributed by atoms with Crippen molar-refractivity contribution < 1.29 is 9.53 Å². The van der Waals surface area contributed by atoms with E-state index in [4.69, 9.17) is 4.74 Å². The average molecular weight is 303 g/mol. The molecular weight excluding hydrogens is 274 g/mol.